The van der Waals surface area contributed by atoms with Gasteiger partial charge in [-0.25, -0.2) is 4.98 Å². The third-order valence-electron chi connectivity index (χ3n) is 5.46. The van der Waals surface area contributed by atoms with Crippen LogP contribution in [0, 0.1) is 10.1 Å². The standard InChI is InChI=1S/C24H14ClN3O5S/c25-15-8-11-17-18(12-15)34-24(26-17)27-20(13-6-9-16(10-7-13)28(32)33)19(22(30)23(27)31)21(29)14-4-2-1-3-5-14/h1-12,20,29H/b21-19+. The van der Waals surface area contributed by atoms with Crippen LogP contribution in [0.5, 0.6) is 0 Å². The molecule has 2 heterocycles. The fourth-order valence-electron chi connectivity index (χ4n) is 3.86. The van der Waals surface area contributed by atoms with Crippen molar-refractivity contribution >= 4 is 61.4 Å². The fourth-order valence-corrected chi connectivity index (χ4v) is 5.13. The van der Waals surface area contributed by atoms with Gasteiger partial charge < -0.3 is 5.11 Å². The lowest BCUT2D eigenvalue weighted by Crippen LogP contribution is -2.29. The Morgan fingerprint density at radius 2 is 1.76 bits per heavy atom. The number of Topliss-reactive ketones (excluding diaryl/α,β-unsaturated/α-hetero) is 1. The average Bonchev–Trinajstić information content (AvgIpc) is 3.37. The van der Waals surface area contributed by atoms with E-state index in [2.05, 4.69) is 4.98 Å². The van der Waals surface area contributed by atoms with Crippen LogP contribution in [0.4, 0.5) is 10.8 Å². The highest BCUT2D eigenvalue weighted by molar-refractivity contribution is 7.22. The molecular formula is C24H14ClN3O5S. The van der Waals surface area contributed by atoms with Crippen molar-refractivity contribution in [1.82, 2.24) is 4.98 Å². The van der Waals surface area contributed by atoms with Crippen molar-refractivity contribution in [2.75, 3.05) is 4.90 Å². The highest BCUT2D eigenvalue weighted by atomic mass is 35.5. The Bertz CT molecular complexity index is 1500. The molecule has 5 rings (SSSR count). The summed E-state index contributed by atoms with van der Waals surface area (Å²) >= 11 is 7.26. The van der Waals surface area contributed by atoms with E-state index in [-0.39, 0.29) is 22.2 Å². The predicted octanol–water partition coefficient (Wildman–Crippen LogP) is 5.48. The van der Waals surface area contributed by atoms with Crippen LogP contribution < -0.4 is 4.90 Å². The van der Waals surface area contributed by atoms with Gasteiger partial charge in [0.2, 0.25) is 0 Å². The minimum atomic E-state index is -1.03. The lowest BCUT2D eigenvalue weighted by Gasteiger charge is -2.22. The number of fused-ring (bicyclic) bond motifs is 1. The van der Waals surface area contributed by atoms with E-state index in [0.29, 0.717) is 21.7 Å². The SMILES string of the molecule is O=C1C(=O)N(c2nc3ccc(Cl)cc3s2)C(c2ccc([N+](=O)[O-])cc2)/C1=C(\O)c1ccccc1. The Kier molecular flexibility index (Phi) is 5.35. The van der Waals surface area contributed by atoms with Gasteiger partial charge in [-0.1, -0.05) is 53.3 Å². The van der Waals surface area contributed by atoms with E-state index in [1.807, 2.05) is 0 Å². The summed E-state index contributed by atoms with van der Waals surface area (Å²) in [5.74, 6) is -2.07. The lowest BCUT2D eigenvalue weighted by molar-refractivity contribution is -0.384. The number of aliphatic hydroxyl groups is 1. The molecule has 1 aliphatic rings. The third kappa shape index (κ3) is 3.60. The molecular weight excluding hydrogens is 478 g/mol. The topological polar surface area (TPSA) is 114 Å². The van der Waals surface area contributed by atoms with Crippen LogP contribution in [0.15, 0.2) is 78.4 Å². The monoisotopic (exact) mass is 491 g/mol. The zero-order chi connectivity index (χ0) is 24.0. The molecule has 4 aromatic rings. The van der Waals surface area contributed by atoms with Gasteiger partial charge in [-0.2, -0.15) is 0 Å². The largest absolute Gasteiger partial charge is 0.507 e. The van der Waals surface area contributed by atoms with Gasteiger partial charge in [-0.05, 0) is 35.9 Å². The number of nitro groups is 1. The van der Waals surface area contributed by atoms with Gasteiger partial charge in [0, 0.05) is 22.7 Å². The Morgan fingerprint density at radius 1 is 1.06 bits per heavy atom. The molecule has 0 radical (unpaired) electrons. The molecule has 0 saturated carbocycles. The Morgan fingerprint density at radius 3 is 2.44 bits per heavy atom. The molecule has 1 unspecified atom stereocenters. The number of benzene rings is 3. The molecule has 1 amide bonds. The van der Waals surface area contributed by atoms with Crippen LogP contribution in [0.25, 0.3) is 16.0 Å². The molecule has 0 aliphatic carbocycles. The molecule has 0 bridgehead atoms. The third-order valence-corrected chi connectivity index (χ3v) is 6.71. The van der Waals surface area contributed by atoms with Gasteiger partial charge in [0.05, 0.1) is 26.8 Å². The van der Waals surface area contributed by atoms with Crippen LogP contribution in [-0.4, -0.2) is 26.7 Å². The summed E-state index contributed by atoms with van der Waals surface area (Å²) in [4.78, 5) is 42.7. The highest BCUT2D eigenvalue weighted by Gasteiger charge is 2.48. The van der Waals surface area contributed by atoms with E-state index in [9.17, 15) is 24.8 Å². The van der Waals surface area contributed by atoms with E-state index in [0.717, 1.165) is 4.70 Å². The van der Waals surface area contributed by atoms with Crippen LogP contribution in [-0.2, 0) is 9.59 Å². The molecule has 0 spiro atoms. The van der Waals surface area contributed by atoms with Crippen molar-refractivity contribution in [2.45, 2.75) is 6.04 Å². The first kappa shape index (κ1) is 21.7. The fraction of sp³-hybridized carbons (Fsp3) is 0.0417. The Hall–Kier alpha value is -4.08. The van der Waals surface area contributed by atoms with Crippen LogP contribution in [0.3, 0.4) is 0 Å². The molecule has 1 aromatic heterocycles. The number of aliphatic hydroxyl groups excluding tert-OH is 1. The van der Waals surface area contributed by atoms with Crippen molar-refractivity contribution < 1.29 is 19.6 Å². The maximum Gasteiger partial charge on any atom is 0.301 e. The number of hydrogen-bond acceptors (Lipinski definition) is 7. The predicted molar refractivity (Wildman–Crippen MR) is 129 cm³/mol. The van der Waals surface area contributed by atoms with Crippen LogP contribution >= 0.6 is 22.9 Å². The number of carbonyl (C=O) groups excluding carboxylic acids is 2. The summed E-state index contributed by atoms with van der Waals surface area (Å²) < 4.78 is 0.718. The number of hydrogen-bond donors (Lipinski definition) is 1. The van der Waals surface area contributed by atoms with Gasteiger partial charge in [0.1, 0.15) is 5.76 Å². The number of ketones is 1. The van der Waals surface area contributed by atoms with Gasteiger partial charge in [0.25, 0.3) is 11.5 Å². The summed E-state index contributed by atoms with van der Waals surface area (Å²) in [6.07, 6.45) is 0. The molecule has 1 N–H and O–H groups in total. The van der Waals surface area contributed by atoms with E-state index in [1.165, 1.54) is 40.5 Å². The number of aromatic nitrogens is 1. The number of amides is 1. The number of anilines is 1. The molecule has 10 heteroatoms. The van der Waals surface area contributed by atoms with Crippen molar-refractivity contribution in [1.29, 1.82) is 0 Å². The average molecular weight is 492 g/mol. The number of nitro benzene ring substituents is 1. The zero-order valence-electron chi connectivity index (χ0n) is 17.2. The first-order valence-electron chi connectivity index (χ1n) is 10.0. The molecule has 1 saturated heterocycles. The maximum absolute atomic E-state index is 13.2. The van der Waals surface area contributed by atoms with E-state index < -0.39 is 22.7 Å². The summed E-state index contributed by atoms with van der Waals surface area (Å²) in [6, 6.07) is 18.0. The van der Waals surface area contributed by atoms with E-state index >= 15 is 0 Å². The first-order valence-corrected chi connectivity index (χ1v) is 11.2. The lowest BCUT2D eigenvalue weighted by atomic mass is 9.95. The minimum absolute atomic E-state index is 0.123. The van der Waals surface area contributed by atoms with Crippen molar-refractivity contribution in [3.8, 4) is 0 Å². The molecule has 34 heavy (non-hydrogen) atoms. The van der Waals surface area contributed by atoms with Gasteiger partial charge in [-0.15, -0.1) is 0 Å². The molecule has 1 fully saturated rings. The second kappa shape index (κ2) is 8.36. The smallest absolute Gasteiger partial charge is 0.301 e. The second-order valence-electron chi connectivity index (χ2n) is 7.49. The number of nitrogens with zero attached hydrogens (tertiary/aromatic N) is 3. The molecule has 168 valence electrons. The van der Waals surface area contributed by atoms with E-state index in [1.54, 1.807) is 48.5 Å². The normalized spacial score (nSPS) is 17.4. The number of halogens is 1. The van der Waals surface area contributed by atoms with Crippen LogP contribution in [0.1, 0.15) is 17.2 Å². The number of thiazole rings is 1. The quantitative estimate of drug-likeness (QED) is 0.133. The summed E-state index contributed by atoms with van der Waals surface area (Å²) in [7, 11) is 0. The maximum atomic E-state index is 13.2. The summed E-state index contributed by atoms with van der Waals surface area (Å²) in [6.45, 7) is 0. The minimum Gasteiger partial charge on any atom is -0.507 e. The van der Waals surface area contributed by atoms with Gasteiger partial charge >= 0.3 is 5.91 Å². The van der Waals surface area contributed by atoms with Crippen LogP contribution in [0.2, 0.25) is 5.02 Å². The van der Waals surface area contributed by atoms with Gasteiger partial charge in [-0.3, -0.25) is 24.6 Å². The highest BCUT2D eigenvalue weighted by Crippen LogP contribution is 2.44. The Balaban J connectivity index is 1.72. The summed E-state index contributed by atoms with van der Waals surface area (Å²) in [5, 5.41) is 22.9. The molecule has 1 aliphatic heterocycles. The van der Waals surface area contributed by atoms with E-state index in [4.69, 9.17) is 11.6 Å². The zero-order valence-corrected chi connectivity index (χ0v) is 18.8. The molecule has 3 aromatic carbocycles. The van der Waals surface area contributed by atoms with Crippen molar-refractivity contribution in [3.63, 3.8) is 0 Å². The summed E-state index contributed by atoms with van der Waals surface area (Å²) in [5.41, 5.74) is 1.11. The number of rotatable bonds is 4. The first-order chi connectivity index (χ1) is 16.3. The van der Waals surface area contributed by atoms with Crippen molar-refractivity contribution in [3.05, 3.63) is 105 Å². The van der Waals surface area contributed by atoms with Crippen molar-refractivity contribution in [2.24, 2.45) is 0 Å². The second-order valence-corrected chi connectivity index (χ2v) is 8.94. The van der Waals surface area contributed by atoms with Gasteiger partial charge in [0.15, 0.2) is 5.13 Å². The molecule has 8 nitrogen and oxygen atoms in total. The number of carbonyl (C=O) groups is 2. The molecule has 1 atom stereocenters. The number of non-ortho nitro benzene ring substituents is 1. The Labute approximate surface area is 201 Å².